The molecule has 0 aliphatic carbocycles. The Balaban J connectivity index is 2.86. The van der Waals surface area contributed by atoms with Gasteiger partial charge in [-0.2, -0.15) is 0 Å². The van der Waals surface area contributed by atoms with E-state index in [4.69, 9.17) is 9.84 Å². The molecule has 0 amide bonds. The van der Waals surface area contributed by atoms with Crippen LogP contribution in [0.4, 0.5) is 0 Å². The number of hydrogen-bond donors (Lipinski definition) is 1. The van der Waals surface area contributed by atoms with Gasteiger partial charge in [0, 0.05) is 0 Å². The van der Waals surface area contributed by atoms with E-state index >= 15 is 0 Å². The summed E-state index contributed by atoms with van der Waals surface area (Å²) in [6.45, 7) is 6.15. The van der Waals surface area contributed by atoms with Crippen molar-refractivity contribution < 1.29 is 9.84 Å². The maximum atomic E-state index is 8.26. The van der Waals surface area contributed by atoms with Gasteiger partial charge in [-0.15, -0.1) is 0 Å². The van der Waals surface area contributed by atoms with Crippen LogP contribution in [0.25, 0.3) is 0 Å². The zero-order chi connectivity index (χ0) is 6.41. The van der Waals surface area contributed by atoms with E-state index in [0.717, 1.165) is 6.42 Å². The van der Waals surface area contributed by atoms with Gasteiger partial charge >= 0.3 is 0 Å². The van der Waals surface area contributed by atoms with Crippen LogP contribution in [0.3, 0.4) is 0 Å². The van der Waals surface area contributed by atoms with E-state index in [1.165, 1.54) is 0 Å². The van der Waals surface area contributed by atoms with Gasteiger partial charge in [0.15, 0.2) is 0 Å². The standard InChI is InChI=1S/C6H13O2/c1-3-6(2)8-5-4-7/h6-7H,2-5H2,1H3. The summed E-state index contributed by atoms with van der Waals surface area (Å²) in [5, 5.41) is 8.26. The highest BCUT2D eigenvalue weighted by atomic mass is 16.5. The maximum absolute atomic E-state index is 8.26. The van der Waals surface area contributed by atoms with E-state index in [2.05, 4.69) is 6.92 Å². The molecule has 1 atom stereocenters. The fraction of sp³-hybridized carbons (Fsp3) is 0.833. The number of rotatable bonds is 4. The summed E-state index contributed by atoms with van der Waals surface area (Å²) in [5.74, 6) is 0. The van der Waals surface area contributed by atoms with Gasteiger partial charge in [-0.05, 0) is 13.3 Å². The monoisotopic (exact) mass is 117 g/mol. The van der Waals surface area contributed by atoms with Gasteiger partial charge in [0.05, 0.1) is 19.3 Å². The average Bonchev–Trinajstić information content (AvgIpc) is 1.83. The number of aliphatic hydroxyl groups excluding tert-OH is 1. The van der Waals surface area contributed by atoms with Crippen LogP contribution in [0.2, 0.25) is 0 Å². The summed E-state index contributed by atoms with van der Waals surface area (Å²) in [6.07, 6.45) is 0.946. The highest BCUT2D eigenvalue weighted by Gasteiger charge is 1.94. The van der Waals surface area contributed by atoms with Crippen LogP contribution in [0.15, 0.2) is 0 Å². The molecule has 1 unspecified atom stereocenters. The lowest BCUT2D eigenvalue weighted by Gasteiger charge is -2.07. The highest BCUT2D eigenvalue weighted by molar-refractivity contribution is 4.54. The van der Waals surface area contributed by atoms with Crippen LogP contribution in [0.5, 0.6) is 0 Å². The Hall–Kier alpha value is -0.0800. The molecular weight excluding hydrogens is 104 g/mol. The van der Waals surface area contributed by atoms with E-state index in [1.807, 2.05) is 6.92 Å². The minimum Gasteiger partial charge on any atom is -0.394 e. The first-order chi connectivity index (χ1) is 3.81. The van der Waals surface area contributed by atoms with Crippen molar-refractivity contribution in [3.05, 3.63) is 6.92 Å². The van der Waals surface area contributed by atoms with Crippen molar-refractivity contribution >= 4 is 0 Å². The Morgan fingerprint density at radius 3 is 2.75 bits per heavy atom. The van der Waals surface area contributed by atoms with Crippen LogP contribution in [-0.4, -0.2) is 24.4 Å². The first kappa shape index (κ1) is 7.92. The largest absolute Gasteiger partial charge is 0.394 e. The second kappa shape index (κ2) is 5.06. The molecule has 0 saturated carbocycles. The van der Waals surface area contributed by atoms with Crippen LogP contribution >= 0.6 is 0 Å². The molecule has 0 aliphatic heterocycles. The van der Waals surface area contributed by atoms with Crippen molar-refractivity contribution in [2.24, 2.45) is 0 Å². The Bertz CT molecular complexity index is 45.8. The summed E-state index contributed by atoms with van der Waals surface area (Å²) in [7, 11) is 0. The highest BCUT2D eigenvalue weighted by Crippen LogP contribution is 1.92. The third kappa shape index (κ3) is 4.09. The Morgan fingerprint density at radius 2 is 2.38 bits per heavy atom. The lowest BCUT2D eigenvalue weighted by atomic mass is 10.3. The smallest absolute Gasteiger partial charge is 0.0701 e. The van der Waals surface area contributed by atoms with Crippen molar-refractivity contribution in [3.63, 3.8) is 0 Å². The fourth-order valence-electron chi connectivity index (χ4n) is 0.337. The lowest BCUT2D eigenvalue weighted by molar-refractivity contribution is 0.0513. The van der Waals surface area contributed by atoms with Gasteiger partial charge in [-0.3, -0.25) is 0 Å². The minimum absolute atomic E-state index is 0.0437. The summed E-state index contributed by atoms with van der Waals surface area (Å²) in [6, 6.07) is 0. The molecule has 0 aliphatic rings. The molecule has 2 heteroatoms. The van der Waals surface area contributed by atoms with Crippen molar-refractivity contribution in [1.29, 1.82) is 0 Å². The van der Waals surface area contributed by atoms with Gasteiger partial charge in [0.2, 0.25) is 0 Å². The van der Waals surface area contributed by atoms with E-state index in [0.29, 0.717) is 6.61 Å². The predicted octanol–water partition coefficient (Wildman–Crippen LogP) is 0.608. The Labute approximate surface area is 50.5 Å². The third-order valence-corrected chi connectivity index (χ3v) is 0.900. The fourth-order valence-corrected chi connectivity index (χ4v) is 0.337. The summed E-state index contributed by atoms with van der Waals surface area (Å²) < 4.78 is 4.98. The van der Waals surface area contributed by atoms with Gasteiger partial charge in [-0.25, -0.2) is 0 Å². The van der Waals surface area contributed by atoms with E-state index in [9.17, 15) is 0 Å². The topological polar surface area (TPSA) is 29.5 Å². The van der Waals surface area contributed by atoms with Crippen molar-refractivity contribution in [2.75, 3.05) is 13.2 Å². The Morgan fingerprint density at radius 1 is 1.75 bits per heavy atom. The molecule has 0 fully saturated rings. The van der Waals surface area contributed by atoms with Crippen LogP contribution in [0, 0.1) is 6.92 Å². The maximum Gasteiger partial charge on any atom is 0.0701 e. The van der Waals surface area contributed by atoms with Crippen molar-refractivity contribution in [1.82, 2.24) is 0 Å². The second-order valence-electron chi connectivity index (χ2n) is 1.62. The van der Waals surface area contributed by atoms with Gasteiger partial charge in [-0.1, -0.05) is 6.92 Å². The first-order valence-corrected chi connectivity index (χ1v) is 2.86. The van der Waals surface area contributed by atoms with Gasteiger partial charge in [0.1, 0.15) is 0 Å². The third-order valence-electron chi connectivity index (χ3n) is 0.900. The molecular formula is C6H13O2. The van der Waals surface area contributed by atoms with Gasteiger partial charge < -0.3 is 9.84 Å². The van der Waals surface area contributed by atoms with Crippen LogP contribution in [0.1, 0.15) is 13.3 Å². The van der Waals surface area contributed by atoms with Crippen LogP contribution in [-0.2, 0) is 4.74 Å². The zero-order valence-corrected chi connectivity index (χ0v) is 5.26. The van der Waals surface area contributed by atoms with E-state index < -0.39 is 0 Å². The molecule has 8 heavy (non-hydrogen) atoms. The molecule has 1 N–H and O–H groups in total. The molecule has 0 aromatic rings. The second-order valence-corrected chi connectivity index (χ2v) is 1.62. The molecule has 0 aromatic carbocycles. The van der Waals surface area contributed by atoms with E-state index in [-0.39, 0.29) is 12.7 Å². The number of ether oxygens (including phenoxy) is 1. The molecule has 0 rings (SSSR count). The Kier molecular flexibility index (Phi) is 5.01. The molecule has 0 heterocycles. The summed E-state index contributed by atoms with van der Waals surface area (Å²) in [4.78, 5) is 0. The number of hydrogen-bond acceptors (Lipinski definition) is 2. The quantitative estimate of drug-likeness (QED) is 0.584. The first-order valence-electron chi connectivity index (χ1n) is 2.86. The zero-order valence-electron chi connectivity index (χ0n) is 5.26. The number of aliphatic hydroxyl groups is 1. The lowest BCUT2D eigenvalue weighted by Crippen LogP contribution is -2.09. The summed E-state index contributed by atoms with van der Waals surface area (Å²) in [5.41, 5.74) is 0. The molecule has 49 valence electrons. The normalized spacial score (nSPS) is 13.9. The predicted molar refractivity (Wildman–Crippen MR) is 32.5 cm³/mol. The molecule has 0 aromatic heterocycles. The molecule has 0 spiro atoms. The van der Waals surface area contributed by atoms with Crippen molar-refractivity contribution in [2.45, 2.75) is 19.4 Å². The van der Waals surface area contributed by atoms with Gasteiger partial charge in [0.25, 0.3) is 0 Å². The molecule has 2 nitrogen and oxygen atoms in total. The van der Waals surface area contributed by atoms with E-state index in [1.54, 1.807) is 0 Å². The van der Waals surface area contributed by atoms with Crippen molar-refractivity contribution in [3.8, 4) is 0 Å². The SMILES string of the molecule is [CH2]C(CC)OCCO. The summed E-state index contributed by atoms with van der Waals surface area (Å²) >= 11 is 0. The average molecular weight is 117 g/mol. The molecule has 1 radical (unpaired) electrons. The molecule has 0 saturated heterocycles. The molecule has 0 bridgehead atoms. The minimum atomic E-state index is 0.0437. The van der Waals surface area contributed by atoms with Crippen LogP contribution < -0.4 is 0 Å².